The Labute approximate surface area is 89.6 Å². The van der Waals surface area contributed by atoms with E-state index in [1.54, 1.807) is 0 Å². The Morgan fingerprint density at radius 3 is 2.56 bits per heavy atom. The van der Waals surface area contributed by atoms with E-state index in [4.69, 9.17) is 0 Å². The van der Waals surface area contributed by atoms with Crippen LogP contribution in [0.15, 0.2) is 24.3 Å². The number of nitrogens with one attached hydrogen (secondary N) is 2. The van der Waals surface area contributed by atoms with Crippen molar-refractivity contribution in [2.24, 2.45) is 0 Å². The van der Waals surface area contributed by atoms with E-state index in [0.29, 0.717) is 5.56 Å². The molecule has 0 saturated carbocycles. The van der Waals surface area contributed by atoms with E-state index in [1.165, 1.54) is 24.3 Å². The molecule has 0 spiro atoms. The summed E-state index contributed by atoms with van der Waals surface area (Å²) in [5.41, 5.74) is 0.174. The zero-order valence-electron chi connectivity index (χ0n) is 8.04. The summed E-state index contributed by atoms with van der Waals surface area (Å²) < 4.78 is 24.8. The summed E-state index contributed by atoms with van der Waals surface area (Å²) in [6, 6.07) is 3.92. The maximum atomic E-state index is 12.4. The molecule has 1 unspecified atom stereocenters. The molecular weight excluding hydrogens is 218 g/mol. The number of amides is 3. The molecule has 0 aromatic heterocycles. The SMILES string of the molecule is O=C1NC(=O)C(c2cccc(C(F)F)c2)N1. The fourth-order valence-corrected chi connectivity index (χ4v) is 1.53. The standard InChI is InChI=1S/C10H8F2N2O2/c11-8(12)6-3-1-2-5(4-6)7-9(15)14-10(16)13-7/h1-4,7-8H,(H2,13,14,15,16). The van der Waals surface area contributed by atoms with E-state index in [9.17, 15) is 18.4 Å². The third-order valence-electron chi connectivity index (χ3n) is 2.27. The van der Waals surface area contributed by atoms with Gasteiger partial charge in [-0.3, -0.25) is 10.1 Å². The van der Waals surface area contributed by atoms with E-state index in [2.05, 4.69) is 5.32 Å². The zero-order valence-corrected chi connectivity index (χ0v) is 8.04. The van der Waals surface area contributed by atoms with Crippen LogP contribution in [0.4, 0.5) is 13.6 Å². The molecule has 1 aliphatic rings. The van der Waals surface area contributed by atoms with Gasteiger partial charge in [0.1, 0.15) is 6.04 Å². The maximum Gasteiger partial charge on any atom is 0.322 e. The van der Waals surface area contributed by atoms with Gasteiger partial charge in [0.15, 0.2) is 0 Å². The molecule has 0 radical (unpaired) electrons. The first kappa shape index (κ1) is 10.5. The highest BCUT2D eigenvalue weighted by molar-refractivity contribution is 6.04. The molecule has 1 atom stereocenters. The lowest BCUT2D eigenvalue weighted by Crippen LogP contribution is -2.22. The predicted molar refractivity (Wildman–Crippen MR) is 50.8 cm³/mol. The summed E-state index contributed by atoms with van der Waals surface area (Å²) in [5, 5.41) is 4.38. The van der Waals surface area contributed by atoms with Crippen LogP contribution in [-0.2, 0) is 4.79 Å². The van der Waals surface area contributed by atoms with E-state index >= 15 is 0 Å². The van der Waals surface area contributed by atoms with Crippen molar-refractivity contribution < 1.29 is 18.4 Å². The highest BCUT2D eigenvalue weighted by Crippen LogP contribution is 2.23. The Morgan fingerprint density at radius 1 is 1.25 bits per heavy atom. The number of alkyl halides is 2. The maximum absolute atomic E-state index is 12.4. The smallest absolute Gasteiger partial charge is 0.322 e. The van der Waals surface area contributed by atoms with Crippen molar-refractivity contribution in [3.63, 3.8) is 0 Å². The highest BCUT2D eigenvalue weighted by Gasteiger charge is 2.31. The number of urea groups is 1. The molecule has 2 rings (SSSR count). The van der Waals surface area contributed by atoms with E-state index in [-0.39, 0.29) is 5.56 Å². The number of carbonyl (C=O) groups excluding carboxylic acids is 2. The summed E-state index contributed by atoms with van der Waals surface area (Å²) in [6.45, 7) is 0. The van der Waals surface area contributed by atoms with Gasteiger partial charge in [0.05, 0.1) is 0 Å². The molecule has 3 amide bonds. The van der Waals surface area contributed by atoms with Crippen molar-refractivity contribution in [3.05, 3.63) is 35.4 Å². The molecule has 1 saturated heterocycles. The molecule has 1 aliphatic heterocycles. The summed E-state index contributed by atoms with van der Waals surface area (Å²) in [6.07, 6.45) is -2.60. The Kier molecular flexibility index (Phi) is 2.55. The van der Waals surface area contributed by atoms with Crippen molar-refractivity contribution in [1.82, 2.24) is 10.6 Å². The topological polar surface area (TPSA) is 58.2 Å². The van der Waals surface area contributed by atoms with Gasteiger partial charge in [-0.25, -0.2) is 13.6 Å². The van der Waals surface area contributed by atoms with Crippen molar-refractivity contribution in [2.75, 3.05) is 0 Å². The molecule has 1 aromatic carbocycles. The van der Waals surface area contributed by atoms with Crippen LogP contribution in [-0.4, -0.2) is 11.9 Å². The fraction of sp³-hybridized carbons (Fsp3) is 0.200. The summed E-state index contributed by atoms with van der Waals surface area (Å²) in [7, 11) is 0. The summed E-state index contributed by atoms with van der Waals surface area (Å²) in [4.78, 5) is 22.1. The van der Waals surface area contributed by atoms with Crippen LogP contribution in [0.2, 0.25) is 0 Å². The van der Waals surface area contributed by atoms with E-state index in [1.807, 2.05) is 5.32 Å². The van der Waals surface area contributed by atoms with Gasteiger partial charge in [-0.1, -0.05) is 18.2 Å². The average Bonchev–Trinajstić information content (AvgIpc) is 2.58. The van der Waals surface area contributed by atoms with Crippen LogP contribution >= 0.6 is 0 Å². The molecule has 2 N–H and O–H groups in total. The van der Waals surface area contributed by atoms with Crippen molar-refractivity contribution in [1.29, 1.82) is 0 Å². The number of benzene rings is 1. The number of imide groups is 1. The monoisotopic (exact) mass is 226 g/mol. The minimum atomic E-state index is -2.60. The van der Waals surface area contributed by atoms with Gasteiger partial charge in [-0.15, -0.1) is 0 Å². The number of hydrogen-bond donors (Lipinski definition) is 2. The Balaban J connectivity index is 2.30. The van der Waals surface area contributed by atoms with Crippen molar-refractivity contribution in [3.8, 4) is 0 Å². The van der Waals surface area contributed by atoms with E-state index in [0.717, 1.165) is 0 Å². The second-order valence-corrected chi connectivity index (χ2v) is 3.37. The lowest BCUT2D eigenvalue weighted by atomic mass is 10.0. The Bertz CT molecular complexity index is 448. The van der Waals surface area contributed by atoms with Gasteiger partial charge in [-0.2, -0.15) is 0 Å². The quantitative estimate of drug-likeness (QED) is 0.751. The molecule has 16 heavy (non-hydrogen) atoms. The summed E-state index contributed by atoms with van der Waals surface area (Å²) >= 11 is 0. The lowest BCUT2D eigenvalue weighted by Gasteiger charge is -2.09. The fourth-order valence-electron chi connectivity index (χ4n) is 1.53. The van der Waals surface area contributed by atoms with Gasteiger partial charge in [0, 0.05) is 5.56 Å². The largest absolute Gasteiger partial charge is 0.322 e. The van der Waals surface area contributed by atoms with Gasteiger partial charge >= 0.3 is 6.03 Å². The van der Waals surface area contributed by atoms with Gasteiger partial charge < -0.3 is 5.32 Å². The molecule has 6 heteroatoms. The van der Waals surface area contributed by atoms with Crippen LogP contribution in [0.25, 0.3) is 0 Å². The van der Waals surface area contributed by atoms with Gasteiger partial charge in [0.25, 0.3) is 12.3 Å². The minimum absolute atomic E-state index is 0.175. The van der Waals surface area contributed by atoms with Crippen LogP contribution < -0.4 is 10.6 Å². The van der Waals surface area contributed by atoms with Crippen LogP contribution in [0, 0.1) is 0 Å². The number of halogens is 2. The molecular formula is C10H8F2N2O2. The first-order valence-electron chi connectivity index (χ1n) is 4.57. The van der Waals surface area contributed by atoms with E-state index < -0.39 is 24.4 Å². The third-order valence-corrected chi connectivity index (χ3v) is 2.27. The summed E-state index contributed by atoms with van der Waals surface area (Å²) in [5.74, 6) is -0.531. The molecule has 1 aromatic rings. The average molecular weight is 226 g/mol. The van der Waals surface area contributed by atoms with Crippen molar-refractivity contribution in [2.45, 2.75) is 12.5 Å². The second-order valence-electron chi connectivity index (χ2n) is 3.37. The first-order chi connectivity index (χ1) is 7.58. The molecule has 4 nitrogen and oxygen atoms in total. The number of hydrogen-bond acceptors (Lipinski definition) is 2. The first-order valence-corrected chi connectivity index (χ1v) is 4.57. The number of rotatable bonds is 2. The van der Waals surface area contributed by atoms with Gasteiger partial charge in [0.2, 0.25) is 0 Å². The number of carbonyl (C=O) groups is 2. The van der Waals surface area contributed by atoms with Crippen molar-refractivity contribution >= 4 is 11.9 Å². The predicted octanol–water partition coefficient (Wildman–Crippen LogP) is 1.50. The van der Waals surface area contributed by atoms with Crippen LogP contribution in [0.1, 0.15) is 23.6 Å². The highest BCUT2D eigenvalue weighted by atomic mass is 19.3. The Hall–Kier alpha value is -1.98. The molecule has 0 aliphatic carbocycles. The van der Waals surface area contributed by atoms with Crippen LogP contribution in [0.3, 0.4) is 0 Å². The zero-order chi connectivity index (χ0) is 11.7. The molecule has 1 fully saturated rings. The second kappa shape index (κ2) is 3.88. The molecule has 0 bridgehead atoms. The lowest BCUT2D eigenvalue weighted by molar-refractivity contribution is -0.120. The molecule has 84 valence electrons. The minimum Gasteiger partial charge on any atom is -0.322 e. The molecule has 1 heterocycles. The Morgan fingerprint density at radius 2 is 2.00 bits per heavy atom. The third kappa shape index (κ3) is 1.86. The van der Waals surface area contributed by atoms with Gasteiger partial charge in [-0.05, 0) is 11.6 Å². The van der Waals surface area contributed by atoms with Crippen LogP contribution in [0.5, 0.6) is 0 Å². The normalized spacial score (nSPS) is 19.8.